The van der Waals surface area contributed by atoms with E-state index in [-0.39, 0.29) is 10.6 Å². The first-order chi connectivity index (χ1) is 11.9. The molecule has 0 radical (unpaired) electrons. The van der Waals surface area contributed by atoms with Crippen LogP contribution in [0.15, 0.2) is 41.2 Å². The minimum Gasteiger partial charge on any atom is -0.465 e. The van der Waals surface area contributed by atoms with E-state index in [0.717, 1.165) is 0 Å². The molecule has 0 saturated heterocycles. The summed E-state index contributed by atoms with van der Waals surface area (Å²) in [6.45, 7) is 0. The second-order valence-electron chi connectivity index (χ2n) is 5.02. The molecule has 1 heterocycles. The van der Waals surface area contributed by atoms with Gasteiger partial charge in [-0.05, 0) is 36.4 Å². The third-order valence-electron chi connectivity index (χ3n) is 3.42. The van der Waals surface area contributed by atoms with Gasteiger partial charge >= 0.3 is 5.97 Å². The van der Waals surface area contributed by atoms with Crippen molar-refractivity contribution >= 4 is 72.9 Å². The molecule has 0 aliphatic rings. The lowest BCUT2D eigenvalue weighted by Gasteiger charge is -2.11. The van der Waals surface area contributed by atoms with Gasteiger partial charge in [-0.2, -0.15) is 0 Å². The number of halogens is 3. The van der Waals surface area contributed by atoms with Crippen molar-refractivity contribution in [1.29, 1.82) is 0 Å². The maximum absolute atomic E-state index is 12.8. The summed E-state index contributed by atoms with van der Waals surface area (Å²) in [5, 5.41) is 4.87. The van der Waals surface area contributed by atoms with Crippen molar-refractivity contribution in [2.75, 3.05) is 12.4 Å². The second kappa shape index (κ2) is 7.22. The molecular formula is C17H10Cl3NO3S. The van der Waals surface area contributed by atoms with Gasteiger partial charge in [-0.15, -0.1) is 11.3 Å². The van der Waals surface area contributed by atoms with Gasteiger partial charge in [0, 0.05) is 20.8 Å². The molecule has 3 aromatic rings. The number of carbonyl (C=O) groups is 1. The molecule has 25 heavy (non-hydrogen) atoms. The molecule has 0 saturated carbocycles. The largest absolute Gasteiger partial charge is 0.465 e. The van der Waals surface area contributed by atoms with E-state index < -0.39 is 11.4 Å². The number of hydrogen-bond acceptors (Lipinski definition) is 5. The molecule has 1 N–H and O–H groups in total. The number of hydrogen-bond donors (Lipinski definition) is 1. The average Bonchev–Trinajstić information content (AvgIpc) is 2.58. The molecule has 0 bridgehead atoms. The summed E-state index contributed by atoms with van der Waals surface area (Å²) in [6.07, 6.45) is 0. The smallest absolute Gasteiger partial charge is 0.344 e. The van der Waals surface area contributed by atoms with E-state index in [0.29, 0.717) is 30.8 Å². The Morgan fingerprint density at radius 1 is 1.08 bits per heavy atom. The monoisotopic (exact) mass is 413 g/mol. The third kappa shape index (κ3) is 3.60. The fraction of sp³-hybridized carbons (Fsp3) is 0.0588. The van der Waals surface area contributed by atoms with Gasteiger partial charge in [-0.1, -0.05) is 34.8 Å². The zero-order valence-corrected chi connectivity index (χ0v) is 15.8. The van der Waals surface area contributed by atoms with E-state index in [1.54, 1.807) is 30.3 Å². The zero-order valence-electron chi connectivity index (χ0n) is 12.7. The fourth-order valence-electron chi connectivity index (χ4n) is 2.23. The summed E-state index contributed by atoms with van der Waals surface area (Å²) < 4.78 is 5.37. The van der Waals surface area contributed by atoms with Crippen LogP contribution in [0.1, 0.15) is 10.4 Å². The highest BCUT2D eigenvalue weighted by Gasteiger charge is 2.21. The van der Waals surface area contributed by atoms with Gasteiger partial charge in [0.15, 0.2) is 0 Å². The maximum atomic E-state index is 12.8. The quantitative estimate of drug-likeness (QED) is 0.554. The summed E-state index contributed by atoms with van der Waals surface area (Å²) >= 11 is 19.1. The molecule has 3 rings (SSSR count). The molecule has 0 spiro atoms. The molecule has 0 atom stereocenters. The Hall–Kier alpha value is -1.79. The Morgan fingerprint density at radius 2 is 1.72 bits per heavy atom. The summed E-state index contributed by atoms with van der Waals surface area (Å²) in [4.78, 5) is 25.0. The van der Waals surface area contributed by atoms with Crippen LogP contribution < -0.4 is 10.7 Å². The zero-order chi connectivity index (χ0) is 18.1. The number of esters is 1. The number of fused-ring (bicyclic) bond motifs is 1. The molecule has 4 nitrogen and oxygen atoms in total. The maximum Gasteiger partial charge on any atom is 0.344 e. The van der Waals surface area contributed by atoms with E-state index in [9.17, 15) is 9.59 Å². The Morgan fingerprint density at radius 3 is 2.36 bits per heavy atom. The van der Waals surface area contributed by atoms with Crippen LogP contribution in [0.5, 0.6) is 0 Å². The number of nitrogens with one attached hydrogen (secondary N) is 1. The second-order valence-corrected chi connectivity index (χ2v) is 7.32. The molecular weight excluding hydrogens is 405 g/mol. The van der Waals surface area contributed by atoms with Crippen LogP contribution in [0.4, 0.5) is 10.7 Å². The molecule has 0 aliphatic carbocycles. The Bertz CT molecular complexity index is 1030. The molecule has 0 amide bonds. The first-order valence-corrected chi connectivity index (χ1v) is 8.92. The minimum absolute atomic E-state index is 0.0895. The summed E-state index contributed by atoms with van der Waals surface area (Å²) in [5.41, 5.74) is 0.105. The highest BCUT2D eigenvalue weighted by atomic mass is 35.5. The van der Waals surface area contributed by atoms with Crippen molar-refractivity contribution in [3.8, 4) is 0 Å². The molecule has 0 unspecified atom stereocenters. The SMILES string of the molecule is COC(=O)c1c(Nc2ccc(Cl)cc2)sc2cc(Cl)c(Cl)cc2c1=O. The lowest BCUT2D eigenvalue weighted by Crippen LogP contribution is -2.18. The van der Waals surface area contributed by atoms with Gasteiger partial charge in [0.2, 0.25) is 5.43 Å². The number of carbonyl (C=O) groups excluding carboxylic acids is 1. The summed E-state index contributed by atoms with van der Waals surface area (Å²) in [6, 6.07) is 9.92. The topological polar surface area (TPSA) is 55.4 Å². The standard InChI is InChI=1S/C17H10Cl3NO3S/c1-24-17(23)14-15(22)10-6-11(19)12(20)7-13(10)25-16(14)21-9-4-2-8(18)3-5-9/h2-7,21H,1H3. The van der Waals surface area contributed by atoms with Crippen LogP contribution in [0.2, 0.25) is 15.1 Å². The van der Waals surface area contributed by atoms with Crippen molar-refractivity contribution in [2.24, 2.45) is 0 Å². The van der Waals surface area contributed by atoms with Crippen LogP contribution in [0, 0.1) is 0 Å². The van der Waals surface area contributed by atoms with Crippen LogP contribution in [-0.2, 0) is 4.74 Å². The predicted molar refractivity (Wildman–Crippen MR) is 104 cm³/mol. The molecule has 128 valence electrons. The van der Waals surface area contributed by atoms with Crippen LogP contribution in [0.25, 0.3) is 10.1 Å². The van der Waals surface area contributed by atoms with Crippen LogP contribution in [-0.4, -0.2) is 13.1 Å². The fourth-order valence-corrected chi connectivity index (χ4v) is 3.85. The highest BCUT2D eigenvalue weighted by molar-refractivity contribution is 7.22. The van der Waals surface area contributed by atoms with E-state index in [1.165, 1.54) is 24.5 Å². The first-order valence-electron chi connectivity index (χ1n) is 6.97. The number of benzene rings is 2. The van der Waals surface area contributed by atoms with Crippen molar-refractivity contribution in [2.45, 2.75) is 0 Å². The molecule has 8 heteroatoms. The lowest BCUT2D eigenvalue weighted by molar-refractivity contribution is 0.0601. The van der Waals surface area contributed by atoms with Crippen LogP contribution in [0.3, 0.4) is 0 Å². The molecule has 0 fully saturated rings. The van der Waals surface area contributed by atoms with Gasteiger partial charge in [-0.3, -0.25) is 4.79 Å². The number of methoxy groups -OCH3 is 1. The average molecular weight is 415 g/mol. The molecule has 1 aromatic heterocycles. The summed E-state index contributed by atoms with van der Waals surface area (Å²) in [7, 11) is 1.22. The van der Waals surface area contributed by atoms with Crippen LogP contribution >= 0.6 is 46.1 Å². The lowest BCUT2D eigenvalue weighted by atomic mass is 10.2. The van der Waals surface area contributed by atoms with Crippen molar-refractivity contribution in [1.82, 2.24) is 0 Å². The number of rotatable bonds is 3. The third-order valence-corrected chi connectivity index (χ3v) is 5.47. The van der Waals surface area contributed by atoms with Gasteiger partial charge in [0.25, 0.3) is 0 Å². The van der Waals surface area contributed by atoms with Crippen molar-refractivity contribution in [3.05, 3.63) is 67.3 Å². The van der Waals surface area contributed by atoms with Gasteiger partial charge in [0.1, 0.15) is 10.6 Å². The molecule has 2 aromatic carbocycles. The summed E-state index contributed by atoms with van der Waals surface area (Å²) in [5.74, 6) is -0.731. The number of ether oxygens (including phenoxy) is 1. The van der Waals surface area contributed by atoms with E-state index in [4.69, 9.17) is 39.5 Å². The van der Waals surface area contributed by atoms with E-state index in [2.05, 4.69) is 5.32 Å². The normalized spacial score (nSPS) is 10.7. The Balaban J connectivity index is 2.24. The van der Waals surface area contributed by atoms with Crippen molar-refractivity contribution in [3.63, 3.8) is 0 Å². The minimum atomic E-state index is -0.731. The highest BCUT2D eigenvalue weighted by Crippen LogP contribution is 2.34. The van der Waals surface area contributed by atoms with Gasteiger partial charge in [-0.25, -0.2) is 4.79 Å². The van der Waals surface area contributed by atoms with Gasteiger partial charge < -0.3 is 10.1 Å². The van der Waals surface area contributed by atoms with E-state index in [1.807, 2.05) is 0 Å². The Kier molecular flexibility index (Phi) is 5.20. The Labute approximate surface area is 161 Å². The number of anilines is 2. The molecule has 0 aliphatic heterocycles. The van der Waals surface area contributed by atoms with Gasteiger partial charge in [0.05, 0.1) is 17.2 Å². The van der Waals surface area contributed by atoms with E-state index >= 15 is 0 Å². The van der Waals surface area contributed by atoms with Crippen molar-refractivity contribution < 1.29 is 9.53 Å². The predicted octanol–water partition coefficient (Wildman–Crippen LogP) is 5.75. The first kappa shape index (κ1) is 18.0.